The Hall–Kier alpha value is -1.84. The number of rotatable bonds is 4. The minimum Gasteiger partial charge on any atom is -0.485 e. The lowest BCUT2D eigenvalue weighted by Crippen LogP contribution is -2.27. The Morgan fingerprint density at radius 2 is 1.62 bits per heavy atom. The zero-order valence-electron chi connectivity index (χ0n) is 10.1. The quantitative estimate of drug-likeness (QED) is 0.501. The fourth-order valence-electron chi connectivity index (χ4n) is 1.35. The Kier molecular flexibility index (Phi) is 5.15. The molecule has 114 valence electrons. The first-order valence-electron chi connectivity index (χ1n) is 4.97. The zero-order chi connectivity index (χ0) is 16.4. The first-order valence-corrected chi connectivity index (χ1v) is 6.10. The number of halogens is 3. The topological polar surface area (TPSA) is 125 Å². The highest BCUT2D eigenvalue weighted by molar-refractivity contribution is 6.76. The van der Waals surface area contributed by atoms with Crippen molar-refractivity contribution in [3.63, 3.8) is 0 Å². The molecule has 1 rings (SSSR count). The number of methoxy groups -OCH3 is 1. The van der Waals surface area contributed by atoms with Crippen molar-refractivity contribution >= 4 is 57.8 Å². The van der Waals surface area contributed by atoms with E-state index < -0.39 is 36.7 Å². The van der Waals surface area contributed by atoms with Gasteiger partial charge < -0.3 is 10.1 Å². The number of hydrogen-bond donors (Lipinski definition) is 1. The molecule has 12 heteroatoms. The number of carbonyl (C=O) groups is 1. The van der Waals surface area contributed by atoms with Gasteiger partial charge in [0.2, 0.25) is 0 Å². The van der Waals surface area contributed by atoms with Gasteiger partial charge in [-0.1, -0.05) is 34.8 Å². The van der Waals surface area contributed by atoms with E-state index in [4.69, 9.17) is 34.8 Å². The molecule has 0 fully saturated rings. The van der Waals surface area contributed by atoms with Gasteiger partial charge in [0, 0.05) is 12.1 Å². The number of carbonyl (C=O) groups excluding carboxylic acids is 1. The summed E-state index contributed by atoms with van der Waals surface area (Å²) in [7, 11) is 1.04. The molecule has 1 aromatic carbocycles. The molecule has 21 heavy (non-hydrogen) atoms. The van der Waals surface area contributed by atoms with Gasteiger partial charge in [0.1, 0.15) is 0 Å². The van der Waals surface area contributed by atoms with Crippen LogP contribution in [-0.2, 0) is 4.79 Å². The van der Waals surface area contributed by atoms with Crippen LogP contribution in [0.3, 0.4) is 0 Å². The van der Waals surface area contributed by atoms with Crippen LogP contribution in [0.4, 0.5) is 17.1 Å². The van der Waals surface area contributed by atoms with Crippen LogP contribution in [0.25, 0.3) is 0 Å². The van der Waals surface area contributed by atoms with Crippen molar-refractivity contribution in [2.24, 2.45) is 0 Å². The number of nitrogens with zero attached hydrogens (tertiary/aromatic N) is 2. The lowest BCUT2D eigenvalue weighted by Gasteiger charge is -2.12. The number of anilines is 1. The standard InChI is InChI=1S/C9H6Cl3N3O6/c1-21-7-5(14(17)18)2-4(3-6(7)15(19)20)13-8(16)9(10,11)12/h2-3H,1H3,(H,13,16). The Labute approximate surface area is 132 Å². The molecule has 0 bridgehead atoms. The highest BCUT2D eigenvalue weighted by atomic mass is 35.6. The molecule has 1 N–H and O–H groups in total. The lowest BCUT2D eigenvalue weighted by molar-refractivity contribution is -0.395. The molecule has 0 radical (unpaired) electrons. The van der Waals surface area contributed by atoms with Crippen LogP contribution < -0.4 is 10.1 Å². The maximum Gasteiger partial charge on any atom is 0.320 e. The Morgan fingerprint density at radius 1 is 1.19 bits per heavy atom. The highest BCUT2D eigenvalue weighted by Crippen LogP contribution is 2.40. The van der Waals surface area contributed by atoms with E-state index in [1.165, 1.54) is 0 Å². The summed E-state index contributed by atoms with van der Waals surface area (Å²) in [4.78, 5) is 31.5. The molecular formula is C9H6Cl3N3O6. The second-order valence-electron chi connectivity index (χ2n) is 3.51. The van der Waals surface area contributed by atoms with Crippen LogP contribution in [0.15, 0.2) is 12.1 Å². The summed E-state index contributed by atoms with van der Waals surface area (Å²) in [6.45, 7) is 0. The van der Waals surface area contributed by atoms with Gasteiger partial charge in [0.05, 0.1) is 22.6 Å². The van der Waals surface area contributed by atoms with Crippen LogP contribution in [0, 0.1) is 20.2 Å². The SMILES string of the molecule is COc1c([N+](=O)[O-])cc(NC(=O)C(Cl)(Cl)Cl)cc1[N+](=O)[O-]. The Balaban J connectivity index is 3.39. The van der Waals surface area contributed by atoms with E-state index in [0.29, 0.717) is 0 Å². The second-order valence-corrected chi connectivity index (χ2v) is 5.80. The van der Waals surface area contributed by atoms with Gasteiger partial charge >= 0.3 is 11.4 Å². The van der Waals surface area contributed by atoms with Gasteiger partial charge in [0.25, 0.3) is 15.4 Å². The van der Waals surface area contributed by atoms with Crippen molar-refractivity contribution in [3.8, 4) is 5.75 Å². The van der Waals surface area contributed by atoms with Gasteiger partial charge in [-0.05, 0) is 0 Å². The molecule has 0 unspecified atom stereocenters. The minimum atomic E-state index is -2.33. The largest absolute Gasteiger partial charge is 0.485 e. The molecule has 1 aromatic rings. The lowest BCUT2D eigenvalue weighted by atomic mass is 10.2. The van der Waals surface area contributed by atoms with Gasteiger partial charge in [-0.3, -0.25) is 25.0 Å². The van der Waals surface area contributed by atoms with E-state index in [-0.39, 0.29) is 5.69 Å². The Morgan fingerprint density at radius 3 is 1.90 bits per heavy atom. The third-order valence-electron chi connectivity index (χ3n) is 2.16. The van der Waals surface area contributed by atoms with E-state index in [2.05, 4.69) is 4.74 Å². The summed E-state index contributed by atoms with van der Waals surface area (Å²) >= 11 is 16.0. The molecule has 0 atom stereocenters. The number of ether oxygens (including phenoxy) is 1. The van der Waals surface area contributed by atoms with Crippen molar-refractivity contribution in [2.45, 2.75) is 3.79 Å². The number of alkyl halides is 3. The third-order valence-corrected chi connectivity index (χ3v) is 2.68. The fourth-order valence-corrected chi connectivity index (χ4v) is 1.49. The molecule has 0 saturated carbocycles. The van der Waals surface area contributed by atoms with Gasteiger partial charge in [0.15, 0.2) is 0 Å². The molecule has 1 amide bonds. The number of nitro groups is 2. The molecule has 9 nitrogen and oxygen atoms in total. The fraction of sp³-hybridized carbons (Fsp3) is 0.222. The van der Waals surface area contributed by atoms with E-state index in [0.717, 1.165) is 19.2 Å². The van der Waals surface area contributed by atoms with Crippen LogP contribution in [0.1, 0.15) is 0 Å². The molecule has 0 aromatic heterocycles. The summed E-state index contributed by atoms with van der Waals surface area (Å²) in [5.74, 6) is -1.68. The molecule has 0 aliphatic carbocycles. The summed E-state index contributed by atoms with van der Waals surface area (Å²) in [5, 5.41) is 23.8. The molecule has 0 aliphatic heterocycles. The van der Waals surface area contributed by atoms with Crippen molar-refractivity contribution < 1.29 is 19.4 Å². The average Bonchev–Trinajstić information content (AvgIpc) is 2.36. The number of nitro benzene ring substituents is 2. The van der Waals surface area contributed by atoms with Crippen molar-refractivity contribution in [1.82, 2.24) is 0 Å². The maximum atomic E-state index is 11.5. The van der Waals surface area contributed by atoms with Crippen LogP contribution in [0.5, 0.6) is 5.75 Å². The number of hydrogen-bond acceptors (Lipinski definition) is 6. The molecule has 0 aliphatic rings. The summed E-state index contributed by atoms with van der Waals surface area (Å²) in [6, 6.07) is 1.69. The number of nitrogens with one attached hydrogen (secondary N) is 1. The maximum absolute atomic E-state index is 11.5. The normalized spacial score (nSPS) is 10.9. The second kappa shape index (κ2) is 6.29. The molecule has 0 spiro atoms. The monoisotopic (exact) mass is 357 g/mol. The summed E-state index contributed by atoms with van der Waals surface area (Å²) in [5.41, 5.74) is -1.72. The molecular weight excluding hydrogens is 352 g/mol. The van der Waals surface area contributed by atoms with Crippen LogP contribution in [0.2, 0.25) is 0 Å². The zero-order valence-corrected chi connectivity index (χ0v) is 12.4. The molecule has 0 saturated heterocycles. The van der Waals surface area contributed by atoms with Crippen molar-refractivity contribution in [1.29, 1.82) is 0 Å². The van der Waals surface area contributed by atoms with E-state index in [1.807, 2.05) is 5.32 Å². The predicted molar refractivity (Wildman–Crippen MR) is 75.2 cm³/mol. The van der Waals surface area contributed by atoms with Crippen molar-refractivity contribution in [3.05, 3.63) is 32.4 Å². The summed E-state index contributed by atoms with van der Waals surface area (Å²) < 4.78 is 2.32. The number of benzene rings is 1. The van der Waals surface area contributed by atoms with Gasteiger partial charge in [-0.15, -0.1) is 0 Å². The van der Waals surface area contributed by atoms with E-state index in [9.17, 15) is 25.0 Å². The van der Waals surface area contributed by atoms with E-state index in [1.54, 1.807) is 0 Å². The Bertz CT molecular complexity index is 580. The number of amides is 1. The highest BCUT2D eigenvalue weighted by Gasteiger charge is 2.33. The predicted octanol–water partition coefficient (Wildman–Crippen LogP) is 2.82. The smallest absolute Gasteiger partial charge is 0.320 e. The average molecular weight is 359 g/mol. The van der Waals surface area contributed by atoms with Crippen LogP contribution in [-0.4, -0.2) is 26.7 Å². The van der Waals surface area contributed by atoms with Gasteiger partial charge in [-0.25, -0.2) is 0 Å². The molecule has 0 heterocycles. The minimum absolute atomic E-state index is 0.287. The summed E-state index contributed by atoms with van der Waals surface area (Å²) in [6.07, 6.45) is 0. The van der Waals surface area contributed by atoms with Crippen molar-refractivity contribution in [2.75, 3.05) is 12.4 Å². The third kappa shape index (κ3) is 4.06. The first-order chi connectivity index (χ1) is 9.57. The first kappa shape index (κ1) is 17.2. The van der Waals surface area contributed by atoms with Gasteiger partial charge in [-0.2, -0.15) is 0 Å². The van der Waals surface area contributed by atoms with E-state index >= 15 is 0 Å². The van der Waals surface area contributed by atoms with Crippen LogP contribution >= 0.6 is 34.8 Å².